The smallest absolute Gasteiger partial charge is 0.242 e. The van der Waals surface area contributed by atoms with E-state index >= 15 is 0 Å². The Hall–Kier alpha value is -2.89. The van der Waals surface area contributed by atoms with Crippen molar-refractivity contribution in [3.8, 4) is 0 Å². The Morgan fingerprint density at radius 2 is 2.12 bits per heavy atom. The lowest BCUT2D eigenvalue weighted by Gasteiger charge is -2.32. The third-order valence-electron chi connectivity index (χ3n) is 4.62. The molecule has 4 rings (SSSR count). The number of nitrogens with zero attached hydrogens (tertiary/aromatic N) is 4. The first kappa shape index (κ1) is 14.7. The molecule has 2 aromatic heterocycles. The molecule has 1 unspecified atom stereocenters. The average molecular weight is 321 g/mol. The number of carbonyl (C=O) groups is 1. The van der Waals surface area contributed by atoms with Gasteiger partial charge < -0.3 is 14.5 Å². The largest absolute Gasteiger partial charge is 0.347 e. The molecular formula is C18H19N5O. The summed E-state index contributed by atoms with van der Waals surface area (Å²) in [4.78, 5) is 26.5. The number of aromatic nitrogens is 4. The number of aryl methyl sites for hydroxylation is 1. The van der Waals surface area contributed by atoms with Crippen molar-refractivity contribution in [1.82, 2.24) is 24.4 Å². The third kappa shape index (κ3) is 2.60. The molecule has 0 bridgehead atoms. The highest BCUT2D eigenvalue weighted by Gasteiger charge is 2.31. The molecule has 0 saturated heterocycles. The summed E-state index contributed by atoms with van der Waals surface area (Å²) in [6.45, 7) is 3.44. The first-order chi connectivity index (χ1) is 11.7. The molecule has 1 aliphatic rings. The van der Waals surface area contributed by atoms with Crippen LogP contribution in [0.4, 0.5) is 0 Å². The summed E-state index contributed by atoms with van der Waals surface area (Å²) >= 11 is 0. The minimum absolute atomic E-state index is 0.0947. The van der Waals surface area contributed by atoms with E-state index < -0.39 is 0 Å². The summed E-state index contributed by atoms with van der Waals surface area (Å²) in [7, 11) is 0. The zero-order valence-corrected chi connectivity index (χ0v) is 13.5. The van der Waals surface area contributed by atoms with E-state index in [1.807, 2.05) is 40.8 Å². The van der Waals surface area contributed by atoms with Crippen molar-refractivity contribution in [2.24, 2.45) is 0 Å². The van der Waals surface area contributed by atoms with Crippen molar-refractivity contribution in [3.05, 3.63) is 71.8 Å². The van der Waals surface area contributed by atoms with Crippen molar-refractivity contribution in [1.29, 1.82) is 0 Å². The molecule has 1 aromatic carbocycles. The fourth-order valence-electron chi connectivity index (χ4n) is 3.28. The zero-order valence-electron chi connectivity index (χ0n) is 13.5. The molecule has 24 heavy (non-hydrogen) atoms. The third-order valence-corrected chi connectivity index (χ3v) is 4.62. The first-order valence-electron chi connectivity index (χ1n) is 8.05. The Morgan fingerprint density at radius 1 is 1.29 bits per heavy atom. The first-order valence-corrected chi connectivity index (χ1v) is 8.05. The van der Waals surface area contributed by atoms with Gasteiger partial charge >= 0.3 is 0 Å². The summed E-state index contributed by atoms with van der Waals surface area (Å²) in [6, 6.07) is 10.2. The highest BCUT2D eigenvalue weighted by molar-refractivity contribution is 5.76. The lowest BCUT2D eigenvalue weighted by molar-refractivity contribution is -0.133. The molecule has 122 valence electrons. The van der Waals surface area contributed by atoms with E-state index in [1.165, 1.54) is 5.56 Å². The minimum Gasteiger partial charge on any atom is -0.347 e. The van der Waals surface area contributed by atoms with Gasteiger partial charge in [0.25, 0.3) is 0 Å². The van der Waals surface area contributed by atoms with Gasteiger partial charge in [-0.25, -0.2) is 9.97 Å². The average Bonchev–Trinajstić information content (AvgIpc) is 3.24. The van der Waals surface area contributed by atoms with Gasteiger partial charge in [-0.15, -0.1) is 0 Å². The highest BCUT2D eigenvalue weighted by Crippen LogP contribution is 2.31. The van der Waals surface area contributed by atoms with Crippen LogP contribution in [0.5, 0.6) is 0 Å². The Labute approximate surface area is 140 Å². The summed E-state index contributed by atoms with van der Waals surface area (Å²) in [6.07, 6.45) is 5.28. The maximum atomic E-state index is 12.8. The number of carbonyl (C=O) groups excluding carboxylic acids is 1. The number of nitrogens with one attached hydrogen (secondary N) is 1. The molecule has 6 nitrogen and oxygen atoms in total. The minimum atomic E-state index is 0.0947. The van der Waals surface area contributed by atoms with Gasteiger partial charge in [0, 0.05) is 24.9 Å². The fourth-order valence-corrected chi connectivity index (χ4v) is 3.28. The van der Waals surface area contributed by atoms with Crippen molar-refractivity contribution in [3.63, 3.8) is 0 Å². The number of benzene rings is 1. The van der Waals surface area contributed by atoms with Crippen LogP contribution in [0.2, 0.25) is 0 Å². The van der Waals surface area contributed by atoms with Crippen molar-refractivity contribution in [2.45, 2.75) is 25.9 Å². The Balaban J connectivity index is 1.60. The summed E-state index contributed by atoms with van der Waals surface area (Å²) in [5, 5.41) is 0. The van der Waals surface area contributed by atoms with E-state index in [4.69, 9.17) is 0 Å². The number of fused-ring (bicyclic) bond motifs is 1. The van der Waals surface area contributed by atoms with Gasteiger partial charge in [0.15, 0.2) is 0 Å². The van der Waals surface area contributed by atoms with Crippen LogP contribution in [0.15, 0.2) is 49.1 Å². The second-order valence-corrected chi connectivity index (χ2v) is 6.11. The van der Waals surface area contributed by atoms with Crippen LogP contribution in [-0.2, 0) is 17.9 Å². The molecule has 1 aliphatic heterocycles. The molecule has 0 saturated carbocycles. The summed E-state index contributed by atoms with van der Waals surface area (Å²) < 4.78 is 1.88. The Kier molecular flexibility index (Phi) is 3.65. The molecule has 0 spiro atoms. The Bertz CT molecular complexity index is 851. The van der Waals surface area contributed by atoms with Gasteiger partial charge in [0.05, 0.1) is 24.3 Å². The maximum Gasteiger partial charge on any atom is 0.242 e. The molecule has 3 aromatic rings. The van der Waals surface area contributed by atoms with Crippen LogP contribution in [0.3, 0.4) is 0 Å². The standard InChI is InChI=1S/C18H19N5O/c1-13-19-7-8-22(13)11-17(24)23-9-15(14-5-3-2-4-6-14)18-16(10-23)20-12-21-18/h2-8,12,15H,9-11H2,1H3,(H,20,21). The zero-order chi connectivity index (χ0) is 16.5. The van der Waals surface area contributed by atoms with Crippen LogP contribution >= 0.6 is 0 Å². The van der Waals surface area contributed by atoms with Crippen LogP contribution in [-0.4, -0.2) is 36.9 Å². The predicted molar refractivity (Wildman–Crippen MR) is 89.3 cm³/mol. The second kappa shape index (κ2) is 5.96. The molecule has 1 N–H and O–H groups in total. The molecule has 0 aliphatic carbocycles. The van der Waals surface area contributed by atoms with E-state index in [0.29, 0.717) is 19.6 Å². The number of hydrogen-bond donors (Lipinski definition) is 1. The molecule has 0 fully saturated rings. The van der Waals surface area contributed by atoms with Crippen LogP contribution in [0.1, 0.15) is 28.7 Å². The number of aromatic amines is 1. The van der Waals surface area contributed by atoms with Gasteiger partial charge in [-0.3, -0.25) is 4.79 Å². The van der Waals surface area contributed by atoms with Crippen molar-refractivity contribution in [2.75, 3.05) is 6.54 Å². The molecule has 3 heterocycles. The van der Waals surface area contributed by atoms with Crippen LogP contribution in [0.25, 0.3) is 0 Å². The van der Waals surface area contributed by atoms with Gasteiger partial charge in [-0.2, -0.15) is 0 Å². The molecule has 6 heteroatoms. The number of amides is 1. The number of imidazole rings is 2. The lowest BCUT2D eigenvalue weighted by Crippen LogP contribution is -2.40. The predicted octanol–water partition coefficient (Wildman–Crippen LogP) is 2.09. The fraction of sp³-hybridized carbons (Fsp3) is 0.278. The number of rotatable bonds is 3. The van der Waals surface area contributed by atoms with E-state index in [2.05, 4.69) is 27.1 Å². The second-order valence-electron chi connectivity index (χ2n) is 6.11. The van der Waals surface area contributed by atoms with Gasteiger partial charge in [0.1, 0.15) is 12.4 Å². The van der Waals surface area contributed by atoms with Gasteiger partial charge in [-0.1, -0.05) is 30.3 Å². The Morgan fingerprint density at radius 3 is 2.88 bits per heavy atom. The van der Waals surface area contributed by atoms with E-state index in [-0.39, 0.29) is 11.8 Å². The maximum absolute atomic E-state index is 12.8. The molecular weight excluding hydrogens is 302 g/mol. The van der Waals surface area contributed by atoms with Gasteiger partial charge in [0.2, 0.25) is 5.91 Å². The monoisotopic (exact) mass is 321 g/mol. The normalized spacial score (nSPS) is 16.9. The molecule has 0 radical (unpaired) electrons. The summed E-state index contributed by atoms with van der Waals surface area (Å²) in [5.41, 5.74) is 3.25. The quantitative estimate of drug-likeness (QED) is 0.803. The lowest BCUT2D eigenvalue weighted by atomic mass is 9.91. The highest BCUT2D eigenvalue weighted by atomic mass is 16.2. The van der Waals surface area contributed by atoms with Gasteiger partial charge in [-0.05, 0) is 12.5 Å². The van der Waals surface area contributed by atoms with Crippen LogP contribution < -0.4 is 0 Å². The number of H-pyrrole nitrogens is 1. The van der Waals surface area contributed by atoms with E-state index in [1.54, 1.807) is 12.5 Å². The topological polar surface area (TPSA) is 66.8 Å². The SMILES string of the molecule is Cc1nccn1CC(=O)N1Cc2[nH]cnc2C(c2ccccc2)C1. The number of hydrogen-bond acceptors (Lipinski definition) is 3. The van der Waals surface area contributed by atoms with Crippen LogP contribution in [0, 0.1) is 6.92 Å². The molecule has 1 amide bonds. The van der Waals surface area contributed by atoms with E-state index in [0.717, 1.165) is 17.2 Å². The van der Waals surface area contributed by atoms with E-state index in [9.17, 15) is 4.79 Å². The summed E-state index contributed by atoms with van der Waals surface area (Å²) in [5.74, 6) is 1.05. The van der Waals surface area contributed by atoms with Crippen molar-refractivity contribution >= 4 is 5.91 Å². The molecule has 1 atom stereocenters. The van der Waals surface area contributed by atoms with Crippen molar-refractivity contribution < 1.29 is 4.79 Å².